The molecule has 2 aromatic heterocycles. The fourth-order valence-corrected chi connectivity index (χ4v) is 2.54. The van der Waals surface area contributed by atoms with Crippen LogP contribution in [-0.4, -0.2) is 44.7 Å². The van der Waals surface area contributed by atoms with E-state index in [2.05, 4.69) is 32.3 Å². The summed E-state index contributed by atoms with van der Waals surface area (Å²) < 4.78 is 1.73. The van der Waals surface area contributed by atoms with Crippen LogP contribution >= 0.6 is 0 Å². The molecule has 7 nitrogen and oxygen atoms in total. The van der Waals surface area contributed by atoms with Gasteiger partial charge in [0.05, 0.1) is 12.4 Å². The lowest BCUT2D eigenvalue weighted by Crippen LogP contribution is -2.43. The third kappa shape index (κ3) is 1.80. The Kier molecular flexibility index (Phi) is 2.83. The molecule has 0 spiro atoms. The normalized spacial score (nSPS) is 24.7. The maximum Gasteiger partial charge on any atom is 0.199 e. The predicted octanol–water partition coefficient (Wildman–Crippen LogP) is -0.0596. The Bertz CT molecular complexity index is 537. The number of anilines is 1. The second-order valence-corrected chi connectivity index (χ2v) is 4.92. The average molecular weight is 247 g/mol. The Hall–Kier alpha value is -1.76. The van der Waals surface area contributed by atoms with E-state index in [1.165, 1.54) is 0 Å². The Morgan fingerprint density at radius 2 is 2.33 bits per heavy atom. The third-order valence-corrected chi connectivity index (χ3v) is 3.83. The maximum absolute atomic E-state index is 5.84. The highest BCUT2D eigenvalue weighted by molar-refractivity contribution is 5.46. The van der Waals surface area contributed by atoms with Crippen molar-refractivity contribution in [1.29, 1.82) is 0 Å². The molecular formula is C11H17N7. The molecule has 3 rings (SSSR count). The Balaban J connectivity index is 1.93. The molecule has 2 aromatic rings. The zero-order valence-electron chi connectivity index (χ0n) is 10.4. The summed E-state index contributed by atoms with van der Waals surface area (Å²) in [5.41, 5.74) is 6.51. The van der Waals surface area contributed by atoms with Crippen LogP contribution in [0.1, 0.15) is 13.3 Å². The first-order valence-corrected chi connectivity index (χ1v) is 6.26. The van der Waals surface area contributed by atoms with Crippen LogP contribution in [0.5, 0.6) is 0 Å². The first-order valence-electron chi connectivity index (χ1n) is 6.26. The van der Waals surface area contributed by atoms with Gasteiger partial charge in [-0.3, -0.25) is 4.98 Å². The number of fused-ring (bicyclic) bond motifs is 1. The number of nitrogens with zero attached hydrogens (tertiary/aromatic N) is 6. The summed E-state index contributed by atoms with van der Waals surface area (Å²) in [5, 5.41) is 11.6. The van der Waals surface area contributed by atoms with Gasteiger partial charge in [-0.1, -0.05) is 6.92 Å². The minimum Gasteiger partial charge on any atom is -0.355 e. The van der Waals surface area contributed by atoms with Crippen LogP contribution in [0.2, 0.25) is 0 Å². The molecule has 18 heavy (non-hydrogen) atoms. The first kappa shape index (κ1) is 11.3. The summed E-state index contributed by atoms with van der Waals surface area (Å²) in [6, 6.07) is 0. The van der Waals surface area contributed by atoms with Gasteiger partial charge in [0.15, 0.2) is 11.5 Å². The van der Waals surface area contributed by atoms with E-state index in [1.807, 2.05) is 6.20 Å². The number of rotatable bonds is 2. The van der Waals surface area contributed by atoms with E-state index in [1.54, 1.807) is 10.7 Å². The molecule has 2 atom stereocenters. The molecular weight excluding hydrogens is 230 g/mol. The van der Waals surface area contributed by atoms with Crippen LogP contribution in [-0.2, 0) is 0 Å². The Morgan fingerprint density at radius 1 is 1.44 bits per heavy atom. The number of aromatic nitrogens is 5. The molecule has 3 heterocycles. The molecule has 2 unspecified atom stereocenters. The minimum atomic E-state index is 0.519. The van der Waals surface area contributed by atoms with Crippen molar-refractivity contribution >= 4 is 11.5 Å². The molecule has 0 aromatic carbocycles. The summed E-state index contributed by atoms with van der Waals surface area (Å²) in [7, 11) is 0. The topological polar surface area (TPSA) is 85.2 Å². The summed E-state index contributed by atoms with van der Waals surface area (Å²) in [6.45, 7) is 4.93. The fraction of sp³-hybridized carbons (Fsp3) is 0.636. The van der Waals surface area contributed by atoms with Crippen molar-refractivity contribution in [1.82, 2.24) is 25.0 Å². The first-order chi connectivity index (χ1) is 8.79. The third-order valence-electron chi connectivity index (χ3n) is 3.83. The quantitative estimate of drug-likeness (QED) is 0.800. The van der Waals surface area contributed by atoms with Gasteiger partial charge in [-0.2, -0.15) is 4.52 Å². The van der Waals surface area contributed by atoms with Crippen LogP contribution < -0.4 is 10.6 Å². The van der Waals surface area contributed by atoms with Crippen LogP contribution in [0, 0.1) is 11.8 Å². The fourth-order valence-electron chi connectivity index (χ4n) is 2.54. The van der Waals surface area contributed by atoms with Crippen molar-refractivity contribution in [3.63, 3.8) is 0 Å². The average Bonchev–Trinajstić information content (AvgIpc) is 2.87. The summed E-state index contributed by atoms with van der Waals surface area (Å²) in [6.07, 6.45) is 4.61. The van der Waals surface area contributed by atoms with Crippen molar-refractivity contribution in [3.8, 4) is 0 Å². The van der Waals surface area contributed by atoms with E-state index in [9.17, 15) is 0 Å². The molecule has 1 aliphatic rings. The number of piperidine rings is 1. The summed E-state index contributed by atoms with van der Waals surface area (Å²) >= 11 is 0. The molecule has 1 aliphatic heterocycles. The highest BCUT2D eigenvalue weighted by atomic mass is 15.5. The van der Waals surface area contributed by atoms with Gasteiger partial charge in [0.2, 0.25) is 0 Å². The van der Waals surface area contributed by atoms with Crippen LogP contribution in [0.15, 0.2) is 12.4 Å². The van der Waals surface area contributed by atoms with Gasteiger partial charge in [-0.15, -0.1) is 5.10 Å². The molecule has 7 heteroatoms. The molecule has 2 N–H and O–H groups in total. The SMILES string of the molecule is CC1CCN(c2cncc3nnnn23)CC1CN. The predicted molar refractivity (Wildman–Crippen MR) is 67.1 cm³/mol. The smallest absolute Gasteiger partial charge is 0.199 e. The standard InChI is InChI=1S/C11H17N7/c1-8-2-3-17(7-9(8)4-12)11-6-13-5-10-14-15-16-18(10)11/h5-6,8-9H,2-4,7,12H2,1H3. The van der Waals surface area contributed by atoms with Crippen molar-refractivity contribution in [2.75, 3.05) is 24.5 Å². The largest absolute Gasteiger partial charge is 0.355 e. The van der Waals surface area contributed by atoms with E-state index in [4.69, 9.17) is 5.73 Å². The van der Waals surface area contributed by atoms with Crippen LogP contribution in [0.4, 0.5) is 5.82 Å². The van der Waals surface area contributed by atoms with Crippen LogP contribution in [0.3, 0.4) is 0 Å². The van der Waals surface area contributed by atoms with Gasteiger partial charge in [0, 0.05) is 13.1 Å². The van der Waals surface area contributed by atoms with E-state index in [-0.39, 0.29) is 0 Å². The molecule has 96 valence electrons. The molecule has 0 saturated carbocycles. The molecule has 0 aliphatic carbocycles. The second-order valence-electron chi connectivity index (χ2n) is 4.92. The van der Waals surface area contributed by atoms with E-state index < -0.39 is 0 Å². The van der Waals surface area contributed by atoms with Gasteiger partial charge in [0.25, 0.3) is 0 Å². The monoisotopic (exact) mass is 247 g/mol. The van der Waals surface area contributed by atoms with Gasteiger partial charge < -0.3 is 10.6 Å². The number of hydrogen-bond acceptors (Lipinski definition) is 6. The number of tetrazole rings is 1. The minimum absolute atomic E-state index is 0.519. The van der Waals surface area contributed by atoms with E-state index in [0.29, 0.717) is 17.5 Å². The molecule has 0 radical (unpaired) electrons. The lowest BCUT2D eigenvalue weighted by molar-refractivity contribution is 0.306. The van der Waals surface area contributed by atoms with Gasteiger partial charge in [0.1, 0.15) is 0 Å². The number of hydrogen-bond donors (Lipinski definition) is 1. The van der Waals surface area contributed by atoms with Crippen LogP contribution in [0.25, 0.3) is 5.65 Å². The molecule has 1 fully saturated rings. The zero-order chi connectivity index (χ0) is 12.5. The molecule has 0 bridgehead atoms. The number of nitrogens with two attached hydrogens (primary N) is 1. The van der Waals surface area contributed by atoms with Crippen molar-refractivity contribution in [2.45, 2.75) is 13.3 Å². The van der Waals surface area contributed by atoms with Gasteiger partial charge in [-0.05, 0) is 35.2 Å². The highest BCUT2D eigenvalue weighted by Crippen LogP contribution is 2.26. The Morgan fingerprint density at radius 3 is 3.17 bits per heavy atom. The maximum atomic E-state index is 5.84. The van der Waals surface area contributed by atoms with E-state index in [0.717, 1.165) is 31.9 Å². The summed E-state index contributed by atoms with van der Waals surface area (Å²) in [5.74, 6) is 2.14. The zero-order valence-corrected chi connectivity index (χ0v) is 10.4. The molecule has 1 saturated heterocycles. The van der Waals surface area contributed by atoms with Gasteiger partial charge in [-0.25, -0.2) is 0 Å². The lowest BCUT2D eigenvalue weighted by atomic mass is 9.87. The van der Waals surface area contributed by atoms with Crippen molar-refractivity contribution < 1.29 is 0 Å². The van der Waals surface area contributed by atoms with E-state index >= 15 is 0 Å². The second kappa shape index (κ2) is 4.49. The highest BCUT2D eigenvalue weighted by Gasteiger charge is 2.26. The summed E-state index contributed by atoms with van der Waals surface area (Å²) in [4.78, 5) is 6.47. The van der Waals surface area contributed by atoms with Gasteiger partial charge >= 0.3 is 0 Å². The van der Waals surface area contributed by atoms with Crippen molar-refractivity contribution in [3.05, 3.63) is 12.4 Å². The van der Waals surface area contributed by atoms with Crippen molar-refractivity contribution in [2.24, 2.45) is 17.6 Å². The Labute approximate surface area is 105 Å². The lowest BCUT2D eigenvalue weighted by Gasteiger charge is -2.37. The molecule has 0 amide bonds.